The number of hydrogen-bond acceptors (Lipinski definition) is 3. The maximum absolute atomic E-state index is 5.29. The summed E-state index contributed by atoms with van der Waals surface area (Å²) in [5, 5.41) is 3.43. The summed E-state index contributed by atoms with van der Waals surface area (Å²) in [5.74, 6) is 0.981. The van der Waals surface area contributed by atoms with Crippen molar-refractivity contribution in [2.45, 2.75) is 26.3 Å². The Morgan fingerprint density at radius 3 is 2.94 bits per heavy atom. The van der Waals surface area contributed by atoms with Crippen LogP contribution in [0.4, 0.5) is 0 Å². The lowest BCUT2D eigenvalue weighted by Gasteiger charge is -2.33. The fourth-order valence-corrected chi connectivity index (χ4v) is 2.58. The molecule has 1 aromatic rings. The van der Waals surface area contributed by atoms with Gasteiger partial charge in [0.2, 0.25) is 0 Å². The first kappa shape index (κ1) is 13.4. The molecular formula is C15H24N2O. The van der Waals surface area contributed by atoms with E-state index in [0.29, 0.717) is 6.04 Å². The minimum atomic E-state index is 0.651. The van der Waals surface area contributed by atoms with Gasteiger partial charge in [-0.1, -0.05) is 12.1 Å². The summed E-state index contributed by atoms with van der Waals surface area (Å²) in [4.78, 5) is 2.57. The lowest BCUT2D eigenvalue weighted by atomic mass is 10.1. The van der Waals surface area contributed by atoms with Gasteiger partial charge in [0.15, 0.2) is 0 Å². The zero-order valence-corrected chi connectivity index (χ0v) is 11.7. The highest BCUT2D eigenvalue weighted by atomic mass is 16.5. The summed E-state index contributed by atoms with van der Waals surface area (Å²) in [6.07, 6.45) is 1.12. The molecule has 18 heavy (non-hydrogen) atoms. The second kappa shape index (κ2) is 6.21. The van der Waals surface area contributed by atoms with E-state index in [1.165, 1.54) is 11.1 Å². The highest BCUT2D eigenvalue weighted by molar-refractivity contribution is 5.36. The van der Waals surface area contributed by atoms with Gasteiger partial charge in [-0.2, -0.15) is 0 Å². The summed E-state index contributed by atoms with van der Waals surface area (Å²) < 4.78 is 5.29. The summed E-state index contributed by atoms with van der Waals surface area (Å²) >= 11 is 0. The van der Waals surface area contributed by atoms with E-state index in [1.807, 2.05) is 0 Å². The van der Waals surface area contributed by atoms with Crippen LogP contribution in [-0.2, 0) is 6.42 Å². The van der Waals surface area contributed by atoms with E-state index in [2.05, 4.69) is 42.3 Å². The predicted molar refractivity (Wildman–Crippen MR) is 75.3 cm³/mol. The summed E-state index contributed by atoms with van der Waals surface area (Å²) in [6, 6.07) is 7.15. The van der Waals surface area contributed by atoms with Crippen molar-refractivity contribution >= 4 is 0 Å². The van der Waals surface area contributed by atoms with Crippen molar-refractivity contribution in [3.8, 4) is 5.75 Å². The monoisotopic (exact) mass is 248 g/mol. The SMILES string of the molecule is COc1ccc(CCN2CCNCC2C)cc1C. The van der Waals surface area contributed by atoms with E-state index < -0.39 is 0 Å². The Morgan fingerprint density at radius 2 is 2.28 bits per heavy atom. The Morgan fingerprint density at radius 1 is 1.44 bits per heavy atom. The van der Waals surface area contributed by atoms with Crippen LogP contribution in [0, 0.1) is 6.92 Å². The molecule has 1 N–H and O–H groups in total. The molecular weight excluding hydrogens is 224 g/mol. The van der Waals surface area contributed by atoms with E-state index in [4.69, 9.17) is 4.74 Å². The Labute approximate surface area is 110 Å². The van der Waals surface area contributed by atoms with Crippen LogP contribution in [0.3, 0.4) is 0 Å². The highest BCUT2D eigenvalue weighted by Gasteiger charge is 2.17. The summed E-state index contributed by atoms with van der Waals surface area (Å²) in [6.45, 7) is 8.94. The van der Waals surface area contributed by atoms with Gasteiger partial charge in [0.25, 0.3) is 0 Å². The van der Waals surface area contributed by atoms with E-state index in [-0.39, 0.29) is 0 Å². The number of rotatable bonds is 4. The molecule has 0 spiro atoms. The number of hydrogen-bond donors (Lipinski definition) is 1. The molecule has 0 saturated carbocycles. The Balaban J connectivity index is 1.91. The van der Waals surface area contributed by atoms with Gasteiger partial charge >= 0.3 is 0 Å². The summed E-state index contributed by atoms with van der Waals surface area (Å²) in [7, 11) is 1.73. The second-order valence-corrected chi connectivity index (χ2v) is 5.14. The van der Waals surface area contributed by atoms with Crippen LogP contribution in [0.2, 0.25) is 0 Å². The van der Waals surface area contributed by atoms with Crippen molar-refractivity contribution in [1.82, 2.24) is 10.2 Å². The van der Waals surface area contributed by atoms with Crippen molar-refractivity contribution in [3.05, 3.63) is 29.3 Å². The van der Waals surface area contributed by atoms with Gasteiger partial charge in [0, 0.05) is 32.2 Å². The van der Waals surface area contributed by atoms with Gasteiger partial charge in [-0.05, 0) is 37.5 Å². The zero-order chi connectivity index (χ0) is 13.0. The minimum absolute atomic E-state index is 0.651. The topological polar surface area (TPSA) is 24.5 Å². The number of benzene rings is 1. The Bertz CT molecular complexity index is 392. The van der Waals surface area contributed by atoms with Crippen LogP contribution >= 0.6 is 0 Å². The molecule has 2 rings (SSSR count). The number of aryl methyl sites for hydroxylation is 1. The van der Waals surface area contributed by atoms with Crippen molar-refractivity contribution in [1.29, 1.82) is 0 Å². The van der Waals surface area contributed by atoms with Crippen LogP contribution in [0.1, 0.15) is 18.1 Å². The first-order valence-corrected chi connectivity index (χ1v) is 6.79. The molecule has 1 atom stereocenters. The fraction of sp³-hybridized carbons (Fsp3) is 0.600. The van der Waals surface area contributed by atoms with Gasteiger partial charge in [0.1, 0.15) is 5.75 Å². The fourth-order valence-electron chi connectivity index (χ4n) is 2.58. The first-order valence-electron chi connectivity index (χ1n) is 6.79. The molecule has 3 nitrogen and oxygen atoms in total. The number of nitrogens with one attached hydrogen (secondary N) is 1. The third kappa shape index (κ3) is 3.24. The van der Waals surface area contributed by atoms with Crippen LogP contribution in [0.15, 0.2) is 18.2 Å². The third-order valence-corrected chi connectivity index (χ3v) is 3.79. The van der Waals surface area contributed by atoms with Crippen molar-refractivity contribution in [2.24, 2.45) is 0 Å². The molecule has 1 aromatic carbocycles. The van der Waals surface area contributed by atoms with E-state index >= 15 is 0 Å². The molecule has 1 aliphatic heterocycles. The normalized spacial score (nSPS) is 20.9. The number of ether oxygens (including phenoxy) is 1. The molecule has 1 heterocycles. The molecule has 1 unspecified atom stereocenters. The third-order valence-electron chi connectivity index (χ3n) is 3.79. The molecule has 100 valence electrons. The van der Waals surface area contributed by atoms with E-state index in [1.54, 1.807) is 7.11 Å². The molecule has 1 saturated heterocycles. The molecule has 0 radical (unpaired) electrons. The standard InChI is InChI=1S/C15H24N2O/c1-12-10-14(4-5-15(12)18-3)6-8-17-9-7-16-11-13(17)2/h4-5,10,13,16H,6-9,11H2,1-3H3. The average molecular weight is 248 g/mol. The maximum Gasteiger partial charge on any atom is 0.121 e. The van der Waals surface area contributed by atoms with Gasteiger partial charge in [-0.3, -0.25) is 4.90 Å². The number of nitrogens with zero attached hydrogens (tertiary/aromatic N) is 1. The Hall–Kier alpha value is -1.06. The van der Waals surface area contributed by atoms with Gasteiger partial charge in [-0.15, -0.1) is 0 Å². The van der Waals surface area contributed by atoms with Gasteiger partial charge in [0.05, 0.1) is 7.11 Å². The Kier molecular flexibility index (Phi) is 4.61. The quantitative estimate of drug-likeness (QED) is 0.880. The largest absolute Gasteiger partial charge is 0.496 e. The van der Waals surface area contributed by atoms with Gasteiger partial charge in [-0.25, -0.2) is 0 Å². The molecule has 3 heteroatoms. The second-order valence-electron chi connectivity index (χ2n) is 5.14. The maximum atomic E-state index is 5.29. The van der Waals surface area contributed by atoms with Crippen molar-refractivity contribution < 1.29 is 4.74 Å². The average Bonchev–Trinajstić information content (AvgIpc) is 2.38. The van der Waals surface area contributed by atoms with Crippen LogP contribution in [0.25, 0.3) is 0 Å². The lowest BCUT2D eigenvalue weighted by Crippen LogP contribution is -2.50. The lowest BCUT2D eigenvalue weighted by molar-refractivity contribution is 0.176. The van der Waals surface area contributed by atoms with Gasteiger partial charge < -0.3 is 10.1 Å². The minimum Gasteiger partial charge on any atom is -0.496 e. The van der Waals surface area contributed by atoms with E-state index in [9.17, 15) is 0 Å². The van der Waals surface area contributed by atoms with Crippen LogP contribution in [-0.4, -0.2) is 44.2 Å². The van der Waals surface area contributed by atoms with E-state index in [0.717, 1.165) is 38.3 Å². The molecule has 1 fully saturated rings. The molecule has 1 aliphatic rings. The van der Waals surface area contributed by atoms with Crippen molar-refractivity contribution in [2.75, 3.05) is 33.3 Å². The van der Waals surface area contributed by atoms with Crippen LogP contribution < -0.4 is 10.1 Å². The summed E-state index contributed by atoms with van der Waals surface area (Å²) in [5.41, 5.74) is 2.63. The predicted octanol–water partition coefficient (Wildman–Crippen LogP) is 1.84. The smallest absolute Gasteiger partial charge is 0.121 e. The number of methoxy groups -OCH3 is 1. The number of piperazine rings is 1. The molecule has 0 aliphatic carbocycles. The first-order chi connectivity index (χ1) is 8.70. The highest BCUT2D eigenvalue weighted by Crippen LogP contribution is 2.19. The van der Waals surface area contributed by atoms with Crippen LogP contribution in [0.5, 0.6) is 5.75 Å². The zero-order valence-electron chi connectivity index (χ0n) is 11.7. The molecule has 0 amide bonds. The molecule has 0 aromatic heterocycles. The van der Waals surface area contributed by atoms with Crippen molar-refractivity contribution in [3.63, 3.8) is 0 Å². The molecule has 0 bridgehead atoms.